The normalized spacial score (nSPS) is 11.1. The van der Waals surface area contributed by atoms with Crippen LogP contribution in [0.3, 0.4) is 0 Å². The highest BCUT2D eigenvalue weighted by molar-refractivity contribution is 6.33. The summed E-state index contributed by atoms with van der Waals surface area (Å²) in [7, 11) is 0. The second-order valence-electron chi connectivity index (χ2n) is 3.03. The highest BCUT2D eigenvalue weighted by Gasteiger charge is 2.11. The van der Waals surface area contributed by atoms with Crippen molar-refractivity contribution in [2.45, 2.75) is 20.3 Å². The molecule has 0 radical (unpaired) electrons. The van der Waals surface area contributed by atoms with E-state index < -0.39 is 0 Å². The van der Waals surface area contributed by atoms with Crippen LogP contribution in [0.15, 0.2) is 6.07 Å². The van der Waals surface area contributed by atoms with E-state index in [1.165, 1.54) is 0 Å². The number of aryl methyl sites for hydroxylation is 2. The molecule has 0 amide bonds. The van der Waals surface area contributed by atoms with Crippen molar-refractivity contribution >= 4 is 28.8 Å². The van der Waals surface area contributed by atoms with E-state index in [1.54, 1.807) is 6.07 Å². The second kappa shape index (κ2) is 3.41. The molecule has 0 aliphatic heterocycles. The van der Waals surface area contributed by atoms with E-state index in [4.69, 9.17) is 23.2 Å². The molecule has 0 spiro atoms. The number of imidazole rings is 1. The minimum Gasteiger partial charge on any atom is -0.270 e. The third-order valence-corrected chi connectivity index (χ3v) is 2.54. The van der Waals surface area contributed by atoms with Crippen molar-refractivity contribution in [2.24, 2.45) is 0 Å². The van der Waals surface area contributed by atoms with Crippen LogP contribution in [-0.4, -0.2) is 14.4 Å². The van der Waals surface area contributed by atoms with Crippen LogP contribution >= 0.6 is 23.2 Å². The van der Waals surface area contributed by atoms with Crippen LogP contribution in [-0.2, 0) is 6.42 Å². The summed E-state index contributed by atoms with van der Waals surface area (Å²) in [4.78, 5) is 8.55. The fourth-order valence-corrected chi connectivity index (χ4v) is 1.99. The monoisotopic (exact) mass is 229 g/mol. The summed E-state index contributed by atoms with van der Waals surface area (Å²) in [6.45, 7) is 3.92. The average molecular weight is 230 g/mol. The molecule has 3 nitrogen and oxygen atoms in total. The van der Waals surface area contributed by atoms with Gasteiger partial charge in [-0.1, -0.05) is 30.1 Å². The van der Waals surface area contributed by atoms with Gasteiger partial charge in [-0.3, -0.25) is 4.40 Å². The number of nitrogens with zero attached hydrogens (tertiary/aromatic N) is 3. The first-order valence-electron chi connectivity index (χ1n) is 4.33. The molecule has 0 aliphatic rings. The Morgan fingerprint density at radius 3 is 2.71 bits per heavy atom. The van der Waals surface area contributed by atoms with E-state index in [9.17, 15) is 0 Å². The van der Waals surface area contributed by atoms with Gasteiger partial charge >= 0.3 is 0 Å². The van der Waals surface area contributed by atoms with Gasteiger partial charge in [0.05, 0.1) is 5.69 Å². The number of rotatable bonds is 1. The van der Waals surface area contributed by atoms with Gasteiger partial charge in [0.2, 0.25) is 0 Å². The minimum absolute atomic E-state index is 0.396. The Bertz CT molecular complexity index is 490. The summed E-state index contributed by atoms with van der Waals surface area (Å²) in [5.41, 5.74) is 1.59. The largest absolute Gasteiger partial charge is 0.270 e. The zero-order valence-electron chi connectivity index (χ0n) is 7.88. The molecule has 0 bridgehead atoms. The summed E-state index contributed by atoms with van der Waals surface area (Å²) in [6, 6.07) is 1.62. The first-order valence-corrected chi connectivity index (χ1v) is 5.09. The SMILES string of the molecule is CCc1nc(C)c2nc(Cl)cc(Cl)n12. The van der Waals surface area contributed by atoms with Crippen LogP contribution in [0.25, 0.3) is 5.65 Å². The highest BCUT2D eigenvalue weighted by Crippen LogP contribution is 2.21. The molecule has 2 heterocycles. The van der Waals surface area contributed by atoms with E-state index in [2.05, 4.69) is 9.97 Å². The Kier molecular flexibility index (Phi) is 2.37. The predicted octanol–water partition coefficient (Wildman–Crippen LogP) is 2.91. The van der Waals surface area contributed by atoms with Crippen LogP contribution in [0.2, 0.25) is 10.3 Å². The molecule has 74 valence electrons. The van der Waals surface area contributed by atoms with Crippen LogP contribution in [0.1, 0.15) is 18.4 Å². The lowest BCUT2D eigenvalue weighted by molar-refractivity contribution is 0.923. The number of halogens is 2. The Morgan fingerprint density at radius 1 is 1.36 bits per heavy atom. The molecule has 0 aliphatic carbocycles. The Morgan fingerprint density at radius 2 is 2.07 bits per heavy atom. The van der Waals surface area contributed by atoms with Crippen molar-refractivity contribution in [3.63, 3.8) is 0 Å². The van der Waals surface area contributed by atoms with Crippen LogP contribution in [0.4, 0.5) is 0 Å². The molecule has 14 heavy (non-hydrogen) atoms. The Hall–Kier alpha value is -0.800. The number of hydrogen-bond acceptors (Lipinski definition) is 2. The van der Waals surface area contributed by atoms with Gasteiger partial charge in [0.1, 0.15) is 16.1 Å². The fourth-order valence-electron chi connectivity index (χ4n) is 1.47. The lowest BCUT2D eigenvalue weighted by atomic mass is 10.4. The molecule has 0 N–H and O–H groups in total. The maximum Gasteiger partial charge on any atom is 0.162 e. The third kappa shape index (κ3) is 1.37. The van der Waals surface area contributed by atoms with Crippen molar-refractivity contribution in [3.8, 4) is 0 Å². The summed E-state index contributed by atoms with van der Waals surface area (Å²) in [5.74, 6) is 0.909. The van der Waals surface area contributed by atoms with Gasteiger partial charge in [0.15, 0.2) is 5.65 Å². The number of fused-ring (bicyclic) bond motifs is 1. The average Bonchev–Trinajstić information content (AvgIpc) is 2.43. The third-order valence-electron chi connectivity index (χ3n) is 2.07. The van der Waals surface area contributed by atoms with E-state index in [0.717, 1.165) is 23.6 Å². The first kappa shape index (κ1) is 9.74. The van der Waals surface area contributed by atoms with Gasteiger partial charge in [-0.05, 0) is 6.92 Å². The molecule has 0 unspecified atom stereocenters. The van der Waals surface area contributed by atoms with Gasteiger partial charge in [0.25, 0.3) is 0 Å². The highest BCUT2D eigenvalue weighted by atomic mass is 35.5. The van der Waals surface area contributed by atoms with Gasteiger partial charge in [0, 0.05) is 12.5 Å². The zero-order chi connectivity index (χ0) is 10.3. The molecule has 0 atom stereocenters. The van der Waals surface area contributed by atoms with E-state index >= 15 is 0 Å². The zero-order valence-corrected chi connectivity index (χ0v) is 9.39. The van der Waals surface area contributed by atoms with Gasteiger partial charge < -0.3 is 0 Å². The van der Waals surface area contributed by atoms with Crippen molar-refractivity contribution < 1.29 is 0 Å². The molecular weight excluding hydrogens is 221 g/mol. The molecule has 0 fully saturated rings. The summed E-state index contributed by atoms with van der Waals surface area (Å²) in [5, 5.41) is 0.950. The summed E-state index contributed by atoms with van der Waals surface area (Å²) in [6.07, 6.45) is 0.817. The van der Waals surface area contributed by atoms with Gasteiger partial charge in [-0.25, -0.2) is 9.97 Å². The number of aromatic nitrogens is 3. The molecular formula is C9H9Cl2N3. The maximum atomic E-state index is 6.06. The van der Waals surface area contributed by atoms with E-state index in [1.807, 2.05) is 18.2 Å². The molecule has 2 rings (SSSR count). The topological polar surface area (TPSA) is 30.2 Å². The fraction of sp³-hybridized carbons (Fsp3) is 0.333. The lowest BCUT2D eigenvalue weighted by Gasteiger charge is -2.01. The van der Waals surface area contributed by atoms with Gasteiger partial charge in [-0.15, -0.1) is 0 Å². The van der Waals surface area contributed by atoms with Crippen LogP contribution < -0.4 is 0 Å². The van der Waals surface area contributed by atoms with Crippen molar-refractivity contribution in [2.75, 3.05) is 0 Å². The Balaban J connectivity index is 2.89. The van der Waals surface area contributed by atoms with Gasteiger partial charge in [-0.2, -0.15) is 0 Å². The Labute approximate surface area is 91.7 Å². The van der Waals surface area contributed by atoms with Crippen LogP contribution in [0.5, 0.6) is 0 Å². The lowest BCUT2D eigenvalue weighted by Crippen LogP contribution is -1.95. The smallest absolute Gasteiger partial charge is 0.162 e. The van der Waals surface area contributed by atoms with E-state index in [-0.39, 0.29) is 0 Å². The summed E-state index contributed by atoms with van der Waals surface area (Å²) >= 11 is 11.9. The second-order valence-corrected chi connectivity index (χ2v) is 3.80. The maximum absolute atomic E-state index is 6.06. The minimum atomic E-state index is 0.396. The molecule has 0 saturated heterocycles. The van der Waals surface area contributed by atoms with Crippen molar-refractivity contribution in [1.29, 1.82) is 0 Å². The van der Waals surface area contributed by atoms with E-state index in [0.29, 0.717) is 10.3 Å². The van der Waals surface area contributed by atoms with Crippen LogP contribution in [0, 0.1) is 6.92 Å². The quantitative estimate of drug-likeness (QED) is 0.705. The first-order chi connectivity index (χ1) is 6.63. The molecule has 2 aromatic rings. The summed E-state index contributed by atoms with van der Waals surface area (Å²) < 4.78 is 1.82. The van der Waals surface area contributed by atoms with Crippen molar-refractivity contribution in [1.82, 2.24) is 14.4 Å². The molecule has 2 aromatic heterocycles. The van der Waals surface area contributed by atoms with Crippen molar-refractivity contribution in [3.05, 3.63) is 27.9 Å². The standard InChI is InChI=1S/C9H9Cl2N3/c1-3-8-12-5(2)9-13-6(10)4-7(11)14(8)9/h4H,3H2,1-2H3. The predicted molar refractivity (Wildman–Crippen MR) is 57.1 cm³/mol. The molecule has 0 aromatic carbocycles. The molecule has 5 heteroatoms. The number of hydrogen-bond donors (Lipinski definition) is 0. The molecule has 0 saturated carbocycles.